The summed E-state index contributed by atoms with van der Waals surface area (Å²) in [6.07, 6.45) is 4.06. The predicted octanol–water partition coefficient (Wildman–Crippen LogP) is 2.80. The molecule has 1 aromatic rings. The van der Waals surface area contributed by atoms with E-state index in [0.717, 1.165) is 31.2 Å². The number of ether oxygens (including phenoxy) is 1. The number of urea groups is 1. The summed E-state index contributed by atoms with van der Waals surface area (Å²) >= 11 is 0. The van der Waals surface area contributed by atoms with E-state index in [4.69, 9.17) is 4.74 Å². The van der Waals surface area contributed by atoms with Crippen molar-refractivity contribution in [1.29, 1.82) is 0 Å². The van der Waals surface area contributed by atoms with Crippen molar-refractivity contribution in [3.05, 3.63) is 47.2 Å². The quantitative estimate of drug-likeness (QED) is 0.843. The average molecular weight is 300 g/mol. The molecular formula is C17H20N2O3. The highest BCUT2D eigenvalue weighted by atomic mass is 16.5. The molecule has 0 saturated heterocycles. The van der Waals surface area contributed by atoms with E-state index < -0.39 is 6.04 Å². The number of rotatable bonds is 3. The Hall–Kier alpha value is -2.30. The normalized spacial score (nSPS) is 22.2. The van der Waals surface area contributed by atoms with Crippen LogP contribution < -0.4 is 10.6 Å². The first kappa shape index (κ1) is 14.6. The van der Waals surface area contributed by atoms with Gasteiger partial charge >= 0.3 is 12.0 Å². The molecule has 1 saturated carbocycles. The fraction of sp³-hybridized carbons (Fsp3) is 0.412. The molecule has 1 heterocycles. The van der Waals surface area contributed by atoms with Crippen LogP contribution in [0.4, 0.5) is 4.79 Å². The molecule has 2 aliphatic rings. The minimum atomic E-state index is -0.469. The summed E-state index contributed by atoms with van der Waals surface area (Å²) in [5.41, 5.74) is 1.91. The monoisotopic (exact) mass is 300 g/mol. The molecule has 1 aliphatic carbocycles. The third-order valence-corrected chi connectivity index (χ3v) is 4.20. The first-order valence-electron chi connectivity index (χ1n) is 7.69. The second-order valence-corrected chi connectivity index (χ2v) is 5.79. The summed E-state index contributed by atoms with van der Waals surface area (Å²) < 4.78 is 5.62. The SMILES string of the molecule is CC1=C(C(=O)OC2CCCC2)[C@@H](c2ccccc2)NC(=O)N1. The van der Waals surface area contributed by atoms with Crippen LogP contribution in [0, 0.1) is 0 Å². The third kappa shape index (κ3) is 2.98. The molecule has 2 N–H and O–H groups in total. The Morgan fingerprint density at radius 2 is 1.86 bits per heavy atom. The summed E-state index contributed by atoms with van der Waals surface area (Å²) in [6, 6.07) is 8.70. The van der Waals surface area contributed by atoms with Crippen molar-refractivity contribution < 1.29 is 14.3 Å². The van der Waals surface area contributed by atoms with Crippen molar-refractivity contribution in [1.82, 2.24) is 10.6 Å². The summed E-state index contributed by atoms with van der Waals surface area (Å²) in [5, 5.41) is 5.47. The molecule has 2 amide bonds. The number of esters is 1. The number of benzene rings is 1. The molecule has 0 aromatic heterocycles. The number of carbonyl (C=O) groups is 2. The number of carbonyl (C=O) groups excluding carboxylic acids is 2. The van der Waals surface area contributed by atoms with Crippen molar-refractivity contribution >= 4 is 12.0 Å². The molecule has 3 rings (SSSR count). The fourth-order valence-corrected chi connectivity index (χ4v) is 3.08. The Morgan fingerprint density at radius 1 is 1.18 bits per heavy atom. The highest BCUT2D eigenvalue weighted by Crippen LogP contribution is 2.29. The zero-order valence-electron chi connectivity index (χ0n) is 12.6. The fourth-order valence-electron chi connectivity index (χ4n) is 3.08. The van der Waals surface area contributed by atoms with E-state index in [2.05, 4.69) is 10.6 Å². The van der Waals surface area contributed by atoms with Crippen molar-refractivity contribution in [2.45, 2.75) is 44.8 Å². The van der Waals surface area contributed by atoms with Crippen molar-refractivity contribution in [3.63, 3.8) is 0 Å². The molecule has 5 nitrogen and oxygen atoms in total. The van der Waals surface area contributed by atoms with E-state index in [1.807, 2.05) is 30.3 Å². The maximum atomic E-state index is 12.6. The van der Waals surface area contributed by atoms with Crippen molar-refractivity contribution in [2.75, 3.05) is 0 Å². The van der Waals surface area contributed by atoms with Crippen molar-refractivity contribution in [3.8, 4) is 0 Å². The lowest BCUT2D eigenvalue weighted by molar-refractivity contribution is -0.144. The number of nitrogens with one attached hydrogen (secondary N) is 2. The first-order valence-corrected chi connectivity index (χ1v) is 7.69. The van der Waals surface area contributed by atoms with Gasteiger partial charge in [-0.05, 0) is 38.2 Å². The lowest BCUT2D eigenvalue weighted by Crippen LogP contribution is -2.45. The van der Waals surface area contributed by atoms with E-state index in [-0.39, 0.29) is 18.1 Å². The zero-order chi connectivity index (χ0) is 15.5. The summed E-state index contributed by atoms with van der Waals surface area (Å²) in [4.78, 5) is 24.3. The Balaban J connectivity index is 1.88. The van der Waals surface area contributed by atoms with Crippen LogP contribution in [0.5, 0.6) is 0 Å². The molecule has 116 valence electrons. The first-order chi connectivity index (χ1) is 10.6. The maximum Gasteiger partial charge on any atom is 0.338 e. The van der Waals surface area contributed by atoms with E-state index >= 15 is 0 Å². The summed E-state index contributed by atoms with van der Waals surface area (Å²) in [6.45, 7) is 1.74. The van der Waals surface area contributed by atoms with Crippen LogP contribution >= 0.6 is 0 Å². The molecule has 1 aromatic carbocycles. The molecule has 1 fully saturated rings. The molecule has 0 bridgehead atoms. The smallest absolute Gasteiger partial charge is 0.338 e. The van der Waals surface area contributed by atoms with Crippen LogP contribution in [-0.4, -0.2) is 18.1 Å². The molecule has 1 aliphatic heterocycles. The van der Waals surface area contributed by atoms with Gasteiger partial charge in [0.1, 0.15) is 6.10 Å². The number of hydrogen-bond donors (Lipinski definition) is 2. The molecule has 0 spiro atoms. The molecule has 0 unspecified atom stereocenters. The Labute approximate surface area is 129 Å². The van der Waals surface area contributed by atoms with Crippen LogP contribution in [0.3, 0.4) is 0 Å². The number of allylic oxidation sites excluding steroid dienone is 1. The Bertz CT molecular complexity index is 604. The lowest BCUT2D eigenvalue weighted by Gasteiger charge is -2.28. The Morgan fingerprint density at radius 3 is 2.55 bits per heavy atom. The minimum Gasteiger partial charge on any atom is -0.459 e. The average Bonchev–Trinajstić information content (AvgIpc) is 3.00. The standard InChI is InChI=1S/C17H20N2O3/c1-11-14(16(20)22-13-9-5-6-10-13)15(19-17(21)18-11)12-7-3-2-4-8-12/h2-4,7-8,13,15H,5-6,9-10H2,1H3,(H2,18,19,21)/t15-/m1/s1. The number of amides is 2. The second kappa shape index (κ2) is 6.22. The highest BCUT2D eigenvalue weighted by Gasteiger charge is 2.33. The zero-order valence-corrected chi connectivity index (χ0v) is 12.6. The largest absolute Gasteiger partial charge is 0.459 e. The van der Waals surface area contributed by atoms with Gasteiger partial charge in [0.25, 0.3) is 0 Å². The van der Waals surface area contributed by atoms with Gasteiger partial charge in [-0.3, -0.25) is 0 Å². The lowest BCUT2D eigenvalue weighted by atomic mass is 9.95. The van der Waals surface area contributed by atoms with Crippen LogP contribution in [-0.2, 0) is 9.53 Å². The Kier molecular flexibility index (Phi) is 4.13. The van der Waals surface area contributed by atoms with Crippen LogP contribution in [0.2, 0.25) is 0 Å². The van der Waals surface area contributed by atoms with Crippen LogP contribution in [0.1, 0.15) is 44.2 Å². The van der Waals surface area contributed by atoms with E-state index in [1.165, 1.54) is 0 Å². The van der Waals surface area contributed by atoms with Gasteiger partial charge in [-0.1, -0.05) is 30.3 Å². The van der Waals surface area contributed by atoms with Gasteiger partial charge in [0.15, 0.2) is 0 Å². The summed E-state index contributed by atoms with van der Waals surface area (Å²) in [7, 11) is 0. The van der Waals surface area contributed by atoms with Gasteiger partial charge in [0.05, 0.1) is 11.6 Å². The summed E-state index contributed by atoms with van der Waals surface area (Å²) in [5.74, 6) is -0.342. The number of hydrogen-bond acceptors (Lipinski definition) is 3. The van der Waals surface area contributed by atoms with E-state index in [9.17, 15) is 9.59 Å². The van der Waals surface area contributed by atoms with Gasteiger partial charge < -0.3 is 15.4 Å². The highest BCUT2D eigenvalue weighted by molar-refractivity contribution is 5.95. The third-order valence-electron chi connectivity index (χ3n) is 4.20. The minimum absolute atomic E-state index is 0.00171. The second-order valence-electron chi connectivity index (χ2n) is 5.79. The predicted molar refractivity (Wildman–Crippen MR) is 81.9 cm³/mol. The van der Waals surface area contributed by atoms with E-state index in [0.29, 0.717) is 11.3 Å². The topological polar surface area (TPSA) is 67.4 Å². The maximum absolute atomic E-state index is 12.6. The molecule has 1 atom stereocenters. The molecular weight excluding hydrogens is 280 g/mol. The molecule has 0 radical (unpaired) electrons. The van der Waals surface area contributed by atoms with Gasteiger partial charge in [-0.2, -0.15) is 0 Å². The van der Waals surface area contributed by atoms with Gasteiger partial charge in [-0.25, -0.2) is 9.59 Å². The van der Waals surface area contributed by atoms with Gasteiger partial charge in [-0.15, -0.1) is 0 Å². The molecule has 22 heavy (non-hydrogen) atoms. The van der Waals surface area contributed by atoms with Crippen LogP contribution in [0.15, 0.2) is 41.6 Å². The van der Waals surface area contributed by atoms with Crippen molar-refractivity contribution in [2.24, 2.45) is 0 Å². The van der Waals surface area contributed by atoms with Gasteiger partial charge in [0, 0.05) is 5.70 Å². The van der Waals surface area contributed by atoms with E-state index in [1.54, 1.807) is 6.92 Å². The van der Waals surface area contributed by atoms with Crippen LogP contribution in [0.25, 0.3) is 0 Å². The molecule has 5 heteroatoms. The van der Waals surface area contributed by atoms with Gasteiger partial charge in [0.2, 0.25) is 0 Å².